The number of methoxy groups -OCH3 is 2. The number of amides is 1. The number of hydrogen-bond acceptors (Lipinski definition) is 5. The zero-order valence-corrected chi connectivity index (χ0v) is 18.1. The summed E-state index contributed by atoms with van der Waals surface area (Å²) >= 11 is 0. The number of carbonyl (C=O) groups excluding carboxylic acids is 1. The molecule has 1 atom stereocenters. The summed E-state index contributed by atoms with van der Waals surface area (Å²) < 4.78 is 37.2. The number of likely N-dealkylation sites (N-methyl/N-ethyl adjacent to an activating group) is 1. The van der Waals surface area contributed by atoms with E-state index in [1.54, 1.807) is 33.3 Å². The second-order valence-electron chi connectivity index (χ2n) is 6.70. The molecule has 0 radical (unpaired) electrons. The minimum Gasteiger partial charge on any atom is -0.493 e. The van der Waals surface area contributed by atoms with E-state index in [0.717, 1.165) is 10.5 Å². The molecule has 29 heavy (non-hydrogen) atoms. The topological polar surface area (TPSA) is 98.2 Å². The van der Waals surface area contributed by atoms with Crippen LogP contribution in [0.15, 0.2) is 41.3 Å². The first-order chi connectivity index (χ1) is 13.7. The van der Waals surface area contributed by atoms with E-state index in [1.165, 1.54) is 13.1 Å². The Morgan fingerprint density at radius 3 is 2.48 bits per heavy atom. The van der Waals surface area contributed by atoms with Gasteiger partial charge in [-0.2, -0.15) is 0 Å². The van der Waals surface area contributed by atoms with Gasteiger partial charge in [-0.05, 0) is 43.8 Å². The van der Waals surface area contributed by atoms with E-state index in [-0.39, 0.29) is 17.3 Å². The first-order valence-corrected chi connectivity index (χ1v) is 10.5. The second kappa shape index (κ2) is 9.73. The molecule has 9 heteroatoms. The van der Waals surface area contributed by atoms with Crippen molar-refractivity contribution in [1.29, 1.82) is 0 Å². The van der Waals surface area contributed by atoms with Gasteiger partial charge in [0.25, 0.3) is 5.91 Å². The van der Waals surface area contributed by atoms with Crippen molar-refractivity contribution in [1.82, 2.24) is 4.72 Å². The summed E-state index contributed by atoms with van der Waals surface area (Å²) in [6, 6.07) is 10.4. The molecule has 0 spiro atoms. The highest BCUT2D eigenvalue weighted by atomic mass is 32.2. The van der Waals surface area contributed by atoms with Gasteiger partial charge in [0.15, 0.2) is 18.0 Å². The summed E-state index contributed by atoms with van der Waals surface area (Å²) in [6.07, 6.45) is 0. The van der Waals surface area contributed by atoms with Crippen LogP contribution in [0.2, 0.25) is 0 Å². The van der Waals surface area contributed by atoms with Gasteiger partial charge >= 0.3 is 0 Å². The highest BCUT2D eigenvalue weighted by Crippen LogP contribution is 2.30. The Kier molecular flexibility index (Phi) is 7.60. The van der Waals surface area contributed by atoms with Crippen LogP contribution in [0, 0.1) is 6.92 Å². The standard InChI is InChI=1S/C20H27N3O5S/c1-14-9-10-16(11-18(14)29(25,26)21-2)22-19(24)13-23(3)12-15-7-6-8-17(27-4)20(15)28-5/h6-11,21H,12-13H2,1-5H3,(H,22,24)/p+1. The molecule has 0 aliphatic carbocycles. The van der Waals surface area contributed by atoms with Crippen molar-refractivity contribution in [2.24, 2.45) is 0 Å². The third kappa shape index (κ3) is 5.69. The maximum absolute atomic E-state index is 12.5. The van der Waals surface area contributed by atoms with Crippen molar-refractivity contribution in [2.75, 3.05) is 40.2 Å². The van der Waals surface area contributed by atoms with E-state index in [9.17, 15) is 13.2 Å². The van der Waals surface area contributed by atoms with Crippen molar-refractivity contribution in [3.8, 4) is 11.5 Å². The molecular weight excluding hydrogens is 394 g/mol. The van der Waals surface area contributed by atoms with E-state index >= 15 is 0 Å². The number of carbonyl (C=O) groups is 1. The molecule has 0 heterocycles. The van der Waals surface area contributed by atoms with Crippen LogP contribution in [0.3, 0.4) is 0 Å². The summed E-state index contributed by atoms with van der Waals surface area (Å²) in [5.74, 6) is 1.07. The predicted octanol–water partition coefficient (Wildman–Crippen LogP) is 0.574. The smallest absolute Gasteiger partial charge is 0.279 e. The number of quaternary nitrogens is 1. The van der Waals surface area contributed by atoms with Crippen molar-refractivity contribution >= 4 is 21.6 Å². The van der Waals surface area contributed by atoms with Gasteiger partial charge in [-0.3, -0.25) is 4.79 Å². The molecule has 0 saturated heterocycles. The van der Waals surface area contributed by atoms with Crippen molar-refractivity contribution in [3.05, 3.63) is 47.5 Å². The number of para-hydroxylation sites is 1. The highest BCUT2D eigenvalue weighted by Gasteiger charge is 2.18. The van der Waals surface area contributed by atoms with Gasteiger partial charge in [-0.25, -0.2) is 13.1 Å². The predicted molar refractivity (Wildman–Crippen MR) is 111 cm³/mol. The summed E-state index contributed by atoms with van der Waals surface area (Å²) in [7, 11) is 2.81. The third-order valence-electron chi connectivity index (χ3n) is 4.47. The van der Waals surface area contributed by atoms with Crippen LogP contribution in [0.4, 0.5) is 5.69 Å². The van der Waals surface area contributed by atoms with Crippen LogP contribution < -0.4 is 24.4 Å². The summed E-state index contributed by atoms with van der Waals surface area (Å²) in [4.78, 5) is 13.5. The van der Waals surface area contributed by atoms with E-state index < -0.39 is 10.0 Å². The number of anilines is 1. The number of nitrogens with one attached hydrogen (secondary N) is 3. The Morgan fingerprint density at radius 1 is 1.14 bits per heavy atom. The van der Waals surface area contributed by atoms with Crippen LogP contribution in [0.5, 0.6) is 11.5 Å². The minimum absolute atomic E-state index is 0.139. The maximum atomic E-state index is 12.5. The molecule has 158 valence electrons. The first-order valence-electron chi connectivity index (χ1n) is 9.07. The summed E-state index contributed by atoms with van der Waals surface area (Å²) in [6.45, 7) is 2.46. The number of aryl methyl sites for hydroxylation is 1. The molecule has 0 bridgehead atoms. The number of ether oxygens (including phenoxy) is 2. The van der Waals surface area contributed by atoms with E-state index in [1.807, 2.05) is 25.2 Å². The number of sulfonamides is 1. The lowest BCUT2D eigenvalue weighted by molar-refractivity contribution is -0.885. The van der Waals surface area contributed by atoms with Gasteiger partial charge in [-0.15, -0.1) is 0 Å². The molecule has 0 aliphatic heterocycles. The highest BCUT2D eigenvalue weighted by molar-refractivity contribution is 7.89. The van der Waals surface area contributed by atoms with Gasteiger partial charge in [0.1, 0.15) is 6.54 Å². The van der Waals surface area contributed by atoms with Crippen molar-refractivity contribution < 1.29 is 27.6 Å². The fourth-order valence-electron chi connectivity index (χ4n) is 3.04. The number of hydrogen-bond donors (Lipinski definition) is 3. The van der Waals surface area contributed by atoms with Crippen LogP contribution in [0.25, 0.3) is 0 Å². The molecule has 0 fully saturated rings. The summed E-state index contributed by atoms with van der Waals surface area (Å²) in [5, 5.41) is 2.77. The Labute approximate surface area is 171 Å². The number of benzene rings is 2. The molecule has 2 aromatic carbocycles. The fraction of sp³-hybridized carbons (Fsp3) is 0.350. The van der Waals surface area contributed by atoms with Crippen LogP contribution in [-0.4, -0.2) is 49.2 Å². The van der Waals surface area contributed by atoms with Gasteiger partial charge in [0.05, 0.1) is 31.7 Å². The average molecular weight is 423 g/mol. The first kappa shape index (κ1) is 22.7. The second-order valence-corrected chi connectivity index (χ2v) is 8.55. The third-order valence-corrected chi connectivity index (χ3v) is 6.03. The minimum atomic E-state index is -3.60. The molecule has 0 aromatic heterocycles. The average Bonchev–Trinajstić information content (AvgIpc) is 2.68. The van der Waals surface area contributed by atoms with Gasteiger partial charge in [0.2, 0.25) is 10.0 Å². The van der Waals surface area contributed by atoms with Crippen LogP contribution in [0.1, 0.15) is 11.1 Å². The lowest BCUT2D eigenvalue weighted by Crippen LogP contribution is -3.08. The SMILES string of the molecule is CNS(=O)(=O)c1cc(NC(=O)C[NH+](C)Cc2cccc(OC)c2OC)ccc1C. The molecule has 0 saturated carbocycles. The van der Waals surface area contributed by atoms with E-state index in [4.69, 9.17) is 9.47 Å². The number of rotatable bonds is 9. The van der Waals surface area contributed by atoms with Crippen LogP contribution in [-0.2, 0) is 21.4 Å². The zero-order chi connectivity index (χ0) is 21.6. The lowest BCUT2D eigenvalue weighted by atomic mass is 10.1. The summed E-state index contributed by atoms with van der Waals surface area (Å²) in [5.41, 5.74) is 1.96. The Balaban J connectivity index is 2.08. The molecule has 2 aromatic rings. The molecule has 1 amide bonds. The molecule has 3 N–H and O–H groups in total. The van der Waals surface area contributed by atoms with Crippen molar-refractivity contribution in [3.63, 3.8) is 0 Å². The normalized spacial score (nSPS) is 12.3. The molecule has 1 unspecified atom stereocenters. The molecule has 8 nitrogen and oxygen atoms in total. The van der Waals surface area contributed by atoms with Crippen LogP contribution >= 0.6 is 0 Å². The van der Waals surface area contributed by atoms with Gasteiger partial charge < -0.3 is 19.7 Å². The van der Waals surface area contributed by atoms with Gasteiger partial charge in [-0.1, -0.05) is 12.1 Å². The molecular formula is C20H28N3O5S+. The van der Waals surface area contributed by atoms with E-state index in [0.29, 0.717) is 29.3 Å². The van der Waals surface area contributed by atoms with Gasteiger partial charge in [0, 0.05) is 5.69 Å². The molecule has 2 rings (SSSR count). The largest absolute Gasteiger partial charge is 0.493 e. The maximum Gasteiger partial charge on any atom is 0.279 e. The molecule has 0 aliphatic rings. The quantitative estimate of drug-likeness (QED) is 0.549. The monoisotopic (exact) mass is 422 g/mol. The Morgan fingerprint density at radius 2 is 1.86 bits per heavy atom. The van der Waals surface area contributed by atoms with Crippen molar-refractivity contribution in [2.45, 2.75) is 18.4 Å². The fourth-order valence-corrected chi connectivity index (χ4v) is 4.03. The zero-order valence-electron chi connectivity index (χ0n) is 17.3. The lowest BCUT2D eigenvalue weighted by Gasteiger charge is -2.17. The Bertz CT molecular complexity index is 976. The Hall–Kier alpha value is -2.62. The van der Waals surface area contributed by atoms with E-state index in [2.05, 4.69) is 10.0 Å².